The first-order valence-corrected chi connectivity index (χ1v) is 10.4. The smallest absolute Gasteiger partial charge is 0.338 e. The summed E-state index contributed by atoms with van der Waals surface area (Å²) in [6.45, 7) is 4.38. The van der Waals surface area contributed by atoms with E-state index in [1.54, 1.807) is 18.2 Å². The van der Waals surface area contributed by atoms with Crippen LogP contribution in [0, 0.1) is 13.8 Å². The Morgan fingerprint density at radius 3 is 2.59 bits per heavy atom. The lowest BCUT2D eigenvalue weighted by Crippen LogP contribution is -2.16. The number of ketones is 1. The van der Waals surface area contributed by atoms with E-state index >= 15 is 0 Å². The van der Waals surface area contributed by atoms with E-state index < -0.39 is 5.97 Å². The summed E-state index contributed by atoms with van der Waals surface area (Å²) >= 11 is 0. The molecule has 0 amide bonds. The van der Waals surface area contributed by atoms with Crippen molar-refractivity contribution in [2.75, 3.05) is 32.4 Å². The van der Waals surface area contributed by atoms with Crippen LogP contribution in [0.2, 0.25) is 0 Å². The monoisotopic (exact) mass is 434 g/mol. The maximum Gasteiger partial charge on any atom is 0.338 e. The summed E-state index contributed by atoms with van der Waals surface area (Å²) in [6.07, 6.45) is 0. The number of benzene rings is 2. The number of ether oxygens (including phenoxy) is 3. The molecule has 0 spiro atoms. The molecule has 0 radical (unpaired) electrons. The van der Waals surface area contributed by atoms with Gasteiger partial charge in [0, 0.05) is 43.3 Å². The number of Topliss-reactive ketones (excluding diaryl/α,β-unsaturated/α-hetero) is 1. The standard InChI is InChI=1S/C25H26N2O5/c1-16-10-21(17(2)27(16)13-18-8-9-23-24(11-18)32-15-31-23)22(28)14-30-25(29)19-6-5-7-20(12-19)26(3)4/h5-12H,13-15H2,1-4H3. The topological polar surface area (TPSA) is 70.0 Å². The van der Waals surface area contributed by atoms with Gasteiger partial charge in [0.15, 0.2) is 18.1 Å². The minimum absolute atomic E-state index is 0.229. The molecular weight excluding hydrogens is 408 g/mol. The molecule has 2 heterocycles. The Bertz CT molecular complexity index is 1180. The molecule has 0 bridgehead atoms. The van der Waals surface area contributed by atoms with Gasteiger partial charge in [-0.1, -0.05) is 12.1 Å². The van der Waals surface area contributed by atoms with Crippen LogP contribution in [0.1, 0.15) is 37.7 Å². The normalized spacial score (nSPS) is 12.0. The molecular formula is C25H26N2O5. The third kappa shape index (κ3) is 4.32. The zero-order valence-electron chi connectivity index (χ0n) is 18.7. The zero-order chi connectivity index (χ0) is 22.8. The van der Waals surface area contributed by atoms with E-state index in [1.165, 1.54) is 0 Å². The SMILES string of the molecule is Cc1cc(C(=O)COC(=O)c2cccc(N(C)C)c2)c(C)n1Cc1ccc2c(c1)OCO2. The number of aromatic nitrogens is 1. The van der Waals surface area contributed by atoms with Crippen molar-refractivity contribution in [3.05, 3.63) is 76.6 Å². The fraction of sp³-hybridized carbons (Fsp3) is 0.280. The van der Waals surface area contributed by atoms with Gasteiger partial charge in [-0.05, 0) is 55.8 Å². The average Bonchev–Trinajstić information content (AvgIpc) is 3.36. The highest BCUT2D eigenvalue weighted by molar-refractivity contribution is 6.00. The number of hydrogen-bond donors (Lipinski definition) is 0. The third-order valence-corrected chi connectivity index (χ3v) is 5.58. The molecule has 2 aromatic carbocycles. The number of rotatable bonds is 7. The van der Waals surface area contributed by atoms with Gasteiger partial charge in [0.1, 0.15) is 0 Å². The Balaban J connectivity index is 1.44. The van der Waals surface area contributed by atoms with Crippen molar-refractivity contribution in [3.8, 4) is 11.5 Å². The molecule has 1 aromatic heterocycles. The number of esters is 1. The summed E-state index contributed by atoms with van der Waals surface area (Å²) in [7, 11) is 3.79. The number of anilines is 1. The molecule has 32 heavy (non-hydrogen) atoms. The van der Waals surface area contributed by atoms with Crippen LogP contribution in [0.5, 0.6) is 11.5 Å². The highest BCUT2D eigenvalue weighted by Gasteiger charge is 2.19. The van der Waals surface area contributed by atoms with Crippen LogP contribution in [0.4, 0.5) is 5.69 Å². The van der Waals surface area contributed by atoms with E-state index in [0.29, 0.717) is 17.7 Å². The van der Waals surface area contributed by atoms with Crippen LogP contribution in [0.25, 0.3) is 0 Å². The van der Waals surface area contributed by atoms with E-state index in [-0.39, 0.29) is 19.2 Å². The first kappa shape index (κ1) is 21.5. The summed E-state index contributed by atoms with van der Waals surface area (Å²) in [6, 6.07) is 14.8. The number of aryl methyl sites for hydroxylation is 1. The maximum atomic E-state index is 12.8. The van der Waals surface area contributed by atoms with Crippen LogP contribution in [-0.4, -0.2) is 43.8 Å². The summed E-state index contributed by atoms with van der Waals surface area (Å²) in [5.74, 6) is 0.721. The van der Waals surface area contributed by atoms with Gasteiger partial charge in [0.05, 0.1) is 5.56 Å². The molecule has 0 unspecified atom stereocenters. The van der Waals surface area contributed by atoms with Gasteiger partial charge in [0.2, 0.25) is 12.6 Å². The summed E-state index contributed by atoms with van der Waals surface area (Å²) in [5, 5.41) is 0. The quantitative estimate of drug-likeness (QED) is 0.414. The van der Waals surface area contributed by atoms with Crippen molar-refractivity contribution in [3.63, 3.8) is 0 Å². The van der Waals surface area contributed by atoms with Crippen molar-refractivity contribution in [2.45, 2.75) is 20.4 Å². The number of carbonyl (C=O) groups is 2. The predicted molar refractivity (Wildman–Crippen MR) is 121 cm³/mol. The first-order valence-electron chi connectivity index (χ1n) is 10.4. The lowest BCUT2D eigenvalue weighted by atomic mass is 10.1. The van der Waals surface area contributed by atoms with Crippen LogP contribution in [0.15, 0.2) is 48.5 Å². The molecule has 0 fully saturated rings. The van der Waals surface area contributed by atoms with Crippen LogP contribution in [0.3, 0.4) is 0 Å². The van der Waals surface area contributed by atoms with E-state index in [2.05, 4.69) is 4.57 Å². The highest BCUT2D eigenvalue weighted by Crippen LogP contribution is 2.33. The molecule has 3 aromatic rings. The van der Waals surface area contributed by atoms with Crippen LogP contribution >= 0.6 is 0 Å². The summed E-state index contributed by atoms with van der Waals surface area (Å²) in [4.78, 5) is 27.1. The summed E-state index contributed by atoms with van der Waals surface area (Å²) in [5.41, 5.74) is 4.68. The lowest BCUT2D eigenvalue weighted by Gasteiger charge is -2.13. The van der Waals surface area contributed by atoms with Crippen molar-refractivity contribution in [1.29, 1.82) is 0 Å². The number of hydrogen-bond acceptors (Lipinski definition) is 6. The minimum atomic E-state index is -0.517. The van der Waals surface area contributed by atoms with Gasteiger partial charge >= 0.3 is 5.97 Å². The molecule has 166 valence electrons. The van der Waals surface area contributed by atoms with Gasteiger partial charge in [-0.2, -0.15) is 0 Å². The van der Waals surface area contributed by atoms with Gasteiger partial charge in [-0.25, -0.2) is 4.79 Å². The van der Waals surface area contributed by atoms with Crippen LogP contribution in [-0.2, 0) is 11.3 Å². The Kier molecular flexibility index (Phi) is 5.90. The Morgan fingerprint density at radius 2 is 1.81 bits per heavy atom. The van der Waals surface area contributed by atoms with Crippen LogP contribution < -0.4 is 14.4 Å². The number of fused-ring (bicyclic) bond motifs is 1. The fourth-order valence-corrected chi connectivity index (χ4v) is 3.75. The molecule has 4 rings (SSSR count). The van der Waals surface area contributed by atoms with Crippen molar-refractivity contribution < 1.29 is 23.8 Å². The zero-order valence-corrected chi connectivity index (χ0v) is 18.7. The van der Waals surface area contributed by atoms with E-state index in [9.17, 15) is 9.59 Å². The molecule has 0 saturated carbocycles. The fourth-order valence-electron chi connectivity index (χ4n) is 3.75. The molecule has 7 heteroatoms. The predicted octanol–water partition coefficient (Wildman–Crippen LogP) is 3.99. The number of carbonyl (C=O) groups excluding carboxylic acids is 2. The Labute approximate surface area is 187 Å². The Hall–Kier alpha value is -3.74. The maximum absolute atomic E-state index is 12.8. The van der Waals surface area contributed by atoms with E-state index in [4.69, 9.17) is 14.2 Å². The first-order chi connectivity index (χ1) is 15.3. The molecule has 1 aliphatic rings. The lowest BCUT2D eigenvalue weighted by molar-refractivity contribution is 0.0474. The highest BCUT2D eigenvalue weighted by atomic mass is 16.7. The molecule has 1 aliphatic heterocycles. The molecule has 0 atom stereocenters. The average molecular weight is 434 g/mol. The third-order valence-electron chi connectivity index (χ3n) is 5.58. The van der Waals surface area contributed by atoms with Gasteiger partial charge < -0.3 is 23.7 Å². The van der Waals surface area contributed by atoms with Gasteiger partial charge in [-0.15, -0.1) is 0 Å². The second-order valence-electron chi connectivity index (χ2n) is 8.00. The Morgan fingerprint density at radius 1 is 1.03 bits per heavy atom. The van der Waals surface area contributed by atoms with Crippen molar-refractivity contribution in [1.82, 2.24) is 4.57 Å². The molecule has 0 aliphatic carbocycles. The summed E-state index contributed by atoms with van der Waals surface area (Å²) < 4.78 is 18.2. The van der Waals surface area contributed by atoms with Crippen molar-refractivity contribution >= 4 is 17.4 Å². The largest absolute Gasteiger partial charge is 0.454 e. The molecule has 0 N–H and O–H groups in total. The van der Waals surface area contributed by atoms with Gasteiger partial charge in [0.25, 0.3) is 0 Å². The van der Waals surface area contributed by atoms with Gasteiger partial charge in [-0.3, -0.25) is 4.79 Å². The molecule has 0 saturated heterocycles. The van der Waals surface area contributed by atoms with E-state index in [1.807, 2.05) is 63.2 Å². The molecule has 7 nitrogen and oxygen atoms in total. The second-order valence-corrected chi connectivity index (χ2v) is 8.00. The van der Waals surface area contributed by atoms with E-state index in [0.717, 1.165) is 34.1 Å². The van der Waals surface area contributed by atoms with Crippen molar-refractivity contribution in [2.24, 2.45) is 0 Å². The minimum Gasteiger partial charge on any atom is -0.454 e. The second kappa shape index (κ2) is 8.78. The number of nitrogens with zero attached hydrogens (tertiary/aromatic N) is 2.